The molecule has 1 fully saturated rings. The van der Waals surface area contributed by atoms with E-state index < -0.39 is 5.97 Å². The number of anilines is 1. The van der Waals surface area contributed by atoms with Gasteiger partial charge in [-0.3, -0.25) is 9.69 Å². The first-order chi connectivity index (χ1) is 15.4. The number of nitrogens with zero attached hydrogens (tertiary/aromatic N) is 3. The summed E-state index contributed by atoms with van der Waals surface area (Å²) < 4.78 is 11.3. The standard InChI is InChI=1S/C24H26N4O4/c1-13(2)31-20-7-6-15(11-19(20)25)24-26-23(27-32-24)17-5-3-4-16-18(17)10-14-8-9-28(22(14)16)12-21(29)30/h3-7,11,13-14,22H,8-10,12,25H2,1-2H3,(H,29,30). The van der Waals surface area contributed by atoms with Crippen LogP contribution in [0.1, 0.15) is 37.4 Å². The van der Waals surface area contributed by atoms with Gasteiger partial charge in [0.1, 0.15) is 5.75 Å². The first-order valence-electron chi connectivity index (χ1n) is 10.9. The van der Waals surface area contributed by atoms with Crippen molar-refractivity contribution in [3.05, 3.63) is 47.5 Å². The van der Waals surface area contributed by atoms with Crippen molar-refractivity contribution in [2.75, 3.05) is 18.8 Å². The molecule has 8 nitrogen and oxygen atoms in total. The molecule has 2 heterocycles. The van der Waals surface area contributed by atoms with Crippen LogP contribution in [-0.2, 0) is 11.2 Å². The summed E-state index contributed by atoms with van der Waals surface area (Å²) in [4.78, 5) is 18.0. The van der Waals surface area contributed by atoms with Crippen LogP contribution in [0.25, 0.3) is 22.8 Å². The van der Waals surface area contributed by atoms with Gasteiger partial charge in [0.2, 0.25) is 5.82 Å². The molecule has 2 aromatic carbocycles. The van der Waals surface area contributed by atoms with Crippen molar-refractivity contribution < 1.29 is 19.2 Å². The fourth-order valence-electron chi connectivity index (χ4n) is 5.02. The number of carboxylic acids is 1. The maximum atomic E-state index is 11.3. The maximum absolute atomic E-state index is 11.3. The molecule has 2 aliphatic rings. The van der Waals surface area contributed by atoms with Gasteiger partial charge in [0.15, 0.2) is 0 Å². The van der Waals surface area contributed by atoms with E-state index in [1.807, 2.05) is 38.1 Å². The fourth-order valence-corrected chi connectivity index (χ4v) is 5.02. The smallest absolute Gasteiger partial charge is 0.317 e. The van der Waals surface area contributed by atoms with E-state index >= 15 is 0 Å². The lowest BCUT2D eigenvalue weighted by Crippen LogP contribution is -2.29. The van der Waals surface area contributed by atoms with Gasteiger partial charge in [0.05, 0.1) is 18.3 Å². The van der Waals surface area contributed by atoms with Crippen molar-refractivity contribution in [1.29, 1.82) is 0 Å². The number of nitrogens with two attached hydrogens (primary N) is 1. The van der Waals surface area contributed by atoms with Gasteiger partial charge in [-0.1, -0.05) is 23.4 Å². The largest absolute Gasteiger partial charge is 0.489 e. The average molecular weight is 434 g/mol. The van der Waals surface area contributed by atoms with E-state index in [1.165, 1.54) is 11.1 Å². The molecule has 5 rings (SSSR count). The van der Waals surface area contributed by atoms with Gasteiger partial charge in [-0.05, 0) is 68.5 Å². The van der Waals surface area contributed by atoms with Crippen molar-refractivity contribution in [2.45, 2.75) is 38.8 Å². The van der Waals surface area contributed by atoms with Gasteiger partial charge >= 0.3 is 5.97 Å². The zero-order chi connectivity index (χ0) is 22.4. The van der Waals surface area contributed by atoms with E-state index in [2.05, 4.69) is 21.1 Å². The zero-order valence-electron chi connectivity index (χ0n) is 18.1. The highest BCUT2D eigenvalue weighted by Crippen LogP contribution is 2.48. The van der Waals surface area contributed by atoms with Crippen LogP contribution in [0.15, 0.2) is 40.9 Å². The second kappa shape index (κ2) is 7.94. The first kappa shape index (κ1) is 20.5. The van der Waals surface area contributed by atoms with Gasteiger partial charge in [-0.15, -0.1) is 0 Å². The molecule has 3 N–H and O–H groups in total. The number of carbonyl (C=O) groups is 1. The predicted molar refractivity (Wildman–Crippen MR) is 119 cm³/mol. The molecule has 1 saturated heterocycles. The van der Waals surface area contributed by atoms with Crippen LogP contribution >= 0.6 is 0 Å². The summed E-state index contributed by atoms with van der Waals surface area (Å²) in [5.41, 5.74) is 10.7. The minimum Gasteiger partial charge on any atom is -0.489 e. The highest BCUT2D eigenvalue weighted by molar-refractivity contribution is 5.70. The van der Waals surface area contributed by atoms with E-state index in [9.17, 15) is 9.90 Å². The molecule has 32 heavy (non-hydrogen) atoms. The number of benzene rings is 2. The summed E-state index contributed by atoms with van der Waals surface area (Å²) in [6.07, 6.45) is 1.92. The Kier molecular flexibility index (Phi) is 5.09. The highest BCUT2D eigenvalue weighted by Gasteiger charge is 2.42. The molecule has 166 valence electrons. The SMILES string of the molecule is CC(C)Oc1ccc(-c2nc(-c3cccc4c3CC3CCN(CC(=O)O)C43)no2)cc1N. The van der Waals surface area contributed by atoms with Crippen LogP contribution in [-0.4, -0.2) is 45.3 Å². The van der Waals surface area contributed by atoms with Crippen LogP contribution in [0.3, 0.4) is 0 Å². The van der Waals surface area contributed by atoms with Crippen LogP contribution in [0.5, 0.6) is 5.75 Å². The number of ether oxygens (including phenoxy) is 1. The molecule has 0 radical (unpaired) electrons. The van der Waals surface area contributed by atoms with E-state index in [0.29, 0.717) is 29.1 Å². The molecule has 1 aromatic heterocycles. The number of likely N-dealkylation sites (tertiary alicyclic amines) is 1. The maximum Gasteiger partial charge on any atom is 0.317 e. The van der Waals surface area contributed by atoms with Crippen LogP contribution in [0.2, 0.25) is 0 Å². The number of nitrogen functional groups attached to an aromatic ring is 1. The normalized spacial score (nSPS) is 19.8. The number of aliphatic carboxylic acids is 1. The second-order valence-electron chi connectivity index (χ2n) is 8.78. The van der Waals surface area contributed by atoms with E-state index in [-0.39, 0.29) is 18.7 Å². The number of rotatable bonds is 6. The zero-order valence-corrected chi connectivity index (χ0v) is 18.1. The van der Waals surface area contributed by atoms with Crippen LogP contribution in [0.4, 0.5) is 5.69 Å². The first-order valence-corrected chi connectivity index (χ1v) is 10.9. The highest BCUT2D eigenvalue weighted by atomic mass is 16.5. The summed E-state index contributed by atoms with van der Waals surface area (Å²) in [5, 5.41) is 13.5. The van der Waals surface area contributed by atoms with Crippen molar-refractivity contribution >= 4 is 11.7 Å². The summed E-state index contributed by atoms with van der Waals surface area (Å²) in [5.74, 6) is 1.18. The average Bonchev–Trinajstić information content (AvgIpc) is 3.45. The van der Waals surface area contributed by atoms with Crippen LogP contribution in [0, 0.1) is 5.92 Å². The molecule has 0 bridgehead atoms. The second-order valence-corrected chi connectivity index (χ2v) is 8.78. The minimum atomic E-state index is -0.790. The topological polar surface area (TPSA) is 115 Å². The Hall–Kier alpha value is -3.39. The Morgan fingerprint density at radius 2 is 2.19 bits per heavy atom. The van der Waals surface area contributed by atoms with Crippen molar-refractivity contribution in [3.8, 4) is 28.6 Å². The third-order valence-corrected chi connectivity index (χ3v) is 6.25. The molecule has 0 spiro atoms. The lowest BCUT2D eigenvalue weighted by Gasteiger charge is -2.23. The number of carboxylic acid groups (broad SMARTS) is 1. The van der Waals surface area contributed by atoms with Crippen molar-refractivity contribution in [1.82, 2.24) is 15.0 Å². The number of fused-ring (bicyclic) bond motifs is 3. The molecule has 0 amide bonds. The Labute approximate surface area is 186 Å². The lowest BCUT2D eigenvalue weighted by molar-refractivity contribution is -0.138. The number of hydrogen-bond donors (Lipinski definition) is 2. The summed E-state index contributed by atoms with van der Waals surface area (Å²) in [6, 6.07) is 11.7. The van der Waals surface area contributed by atoms with Gasteiger partial charge in [-0.25, -0.2) is 0 Å². The predicted octanol–water partition coefficient (Wildman–Crippen LogP) is 3.78. The van der Waals surface area contributed by atoms with Gasteiger partial charge in [0, 0.05) is 17.2 Å². The summed E-state index contributed by atoms with van der Waals surface area (Å²) in [7, 11) is 0. The van der Waals surface area contributed by atoms with Gasteiger partial charge in [-0.2, -0.15) is 4.98 Å². The quantitative estimate of drug-likeness (QED) is 0.564. The van der Waals surface area contributed by atoms with Crippen LogP contribution < -0.4 is 10.5 Å². The molecular weight excluding hydrogens is 408 g/mol. The lowest BCUT2D eigenvalue weighted by atomic mass is 10.0. The number of hydrogen-bond acceptors (Lipinski definition) is 7. The molecular formula is C24H26N4O4. The molecule has 2 atom stereocenters. The molecule has 3 aromatic rings. The van der Waals surface area contributed by atoms with Crippen molar-refractivity contribution in [2.24, 2.45) is 5.92 Å². The minimum absolute atomic E-state index is 0.0317. The molecule has 1 aliphatic carbocycles. The molecule has 2 unspecified atom stereocenters. The monoisotopic (exact) mass is 434 g/mol. The van der Waals surface area contributed by atoms with E-state index in [4.69, 9.17) is 15.0 Å². The Morgan fingerprint density at radius 1 is 1.34 bits per heavy atom. The Bertz CT molecular complexity index is 1170. The van der Waals surface area contributed by atoms with E-state index in [0.717, 1.165) is 30.5 Å². The Balaban J connectivity index is 1.45. The summed E-state index contributed by atoms with van der Waals surface area (Å²) in [6.45, 7) is 4.78. The third-order valence-electron chi connectivity index (χ3n) is 6.25. The van der Waals surface area contributed by atoms with Gasteiger partial charge < -0.3 is 20.1 Å². The van der Waals surface area contributed by atoms with E-state index in [1.54, 1.807) is 6.07 Å². The van der Waals surface area contributed by atoms with Crippen molar-refractivity contribution in [3.63, 3.8) is 0 Å². The summed E-state index contributed by atoms with van der Waals surface area (Å²) >= 11 is 0. The molecule has 1 aliphatic heterocycles. The molecule has 8 heteroatoms. The fraction of sp³-hybridized carbons (Fsp3) is 0.375. The molecule has 0 saturated carbocycles. The third kappa shape index (κ3) is 3.60. The Morgan fingerprint density at radius 3 is 2.94 bits per heavy atom. The number of aromatic nitrogens is 2. The van der Waals surface area contributed by atoms with Gasteiger partial charge in [0.25, 0.3) is 5.89 Å².